The van der Waals surface area contributed by atoms with E-state index < -0.39 is 0 Å². The van der Waals surface area contributed by atoms with Crippen LogP contribution in [0.4, 0.5) is 0 Å². The molecule has 39 heavy (non-hydrogen) atoms. The highest BCUT2D eigenvalue weighted by molar-refractivity contribution is 6.10. The van der Waals surface area contributed by atoms with Gasteiger partial charge in [-0.15, -0.1) is 10.2 Å². The molecule has 0 unspecified atom stereocenters. The Labute approximate surface area is 230 Å². The van der Waals surface area contributed by atoms with Gasteiger partial charge in [-0.05, 0) is 76.9 Å². The van der Waals surface area contributed by atoms with Gasteiger partial charge in [-0.25, -0.2) is 0 Å². The molecule has 0 aliphatic rings. The fourth-order valence-electron chi connectivity index (χ4n) is 5.35. The average Bonchev–Trinajstić information content (AvgIpc) is 3.50. The Balaban J connectivity index is 1.65. The maximum atomic E-state index is 6.29. The monoisotopic (exact) mass is 513 g/mol. The fourth-order valence-corrected chi connectivity index (χ4v) is 5.35. The standard InChI is InChI=1S/C35H35N3O/c1-22-12-11-15-30(31(22)33-37-36-32(39-33)23-13-9-8-10-14-23)38-28-18-16-24(34(2,3)4)20-26(28)27-21-25(35(5,6)7)17-19-29(27)38/h8-21H,1-7H3. The molecule has 4 nitrogen and oxygen atoms in total. The molecule has 0 aliphatic heterocycles. The summed E-state index contributed by atoms with van der Waals surface area (Å²) in [4.78, 5) is 0. The van der Waals surface area contributed by atoms with Gasteiger partial charge in [-0.2, -0.15) is 0 Å². The lowest BCUT2D eigenvalue weighted by atomic mass is 9.85. The largest absolute Gasteiger partial charge is 0.416 e. The van der Waals surface area contributed by atoms with Crippen LogP contribution in [-0.4, -0.2) is 14.8 Å². The summed E-state index contributed by atoms with van der Waals surface area (Å²) in [5, 5.41) is 11.4. The Morgan fingerprint density at radius 2 is 1.18 bits per heavy atom. The second-order valence-corrected chi connectivity index (χ2v) is 12.5. The summed E-state index contributed by atoms with van der Waals surface area (Å²) >= 11 is 0. The van der Waals surface area contributed by atoms with Gasteiger partial charge in [0.2, 0.25) is 5.89 Å². The average molecular weight is 514 g/mol. The molecule has 0 aliphatic carbocycles. The molecule has 0 fully saturated rings. The first-order chi connectivity index (χ1) is 18.5. The molecule has 196 valence electrons. The lowest BCUT2D eigenvalue weighted by Crippen LogP contribution is -2.10. The molecule has 0 saturated carbocycles. The zero-order chi connectivity index (χ0) is 27.5. The number of rotatable bonds is 3. The van der Waals surface area contributed by atoms with Crippen molar-refractivity contribution in [2.75, 3.05) is 0 Å². The smallest absolute Gasteiger partial charge is 0.250 e. The Kier molecular flexibility index (Phi) is 5.76. The molecule has 4 heteroatoms. The van der Waals surface area contributed by atoms with Gasteiger partial charge in [0, 0.05) is 16.3 Å². The van der Waals surface area contributed by atoms with E-state index in [1.807, 2.05) is 30.3 Å². The summed E-state index contributed by atoms with van der Waals surface area (Å²) in [6.45, 7) is 15.7. The number of aromatic nitrogens is 3. The molecule has 0 saturated heterocycles. The molecule has 6 rings (SSSR count). The molecule has 0 amide bonds. The van der Waals surface area contributed by atoms with E-state index in [-0.39, 0.29) is 10.8 Å². The molecule has 0 bridgehead atoms. The number of nitrogens with zero attached hydrogens (tertiary/aromatic N) is 3. The highest BCUT2D eigenvalue weighted by atomic mass is 16.4. The van der Waals surface area contributed by atoms with Crippen LogP contribution in [0.5, 0.6) is 0 Å². The predicted octanol–water partition coefficient (Wildman–Crippen LogP) is 9.40. The van der Waals surface area contributed by atoms with Crippen LogP contribution in [0.15, 0.2) is 89.3 Å². The van der Waals surface area contributed by atoms with Crippen LogP contribution in [-0.2, 0) is 10.8 Å². The minimum Gasteiger partial charge on any atom is -0.416 e. The summed E-state index contributed by atoms with van der Waals surface area (Å²) in [7, 11) is 0. The quantitative estimate of drug-likeness (QED) is 0.237. The van der Waals surface area contributed by atoms with Crippen molar-refractivity contribution in [2.24, 2.45) is 0 Å². The fraction of sp³-hybridized carbons (Fsp3) is 0.257. The van der Waals surface area contributed by atoms with Crippen molar-refractivity contribution < 1.29 is 4.42 Å². The van der Waals surface area contributed by atoms with Crippen LogP contribution in [0.25, 0.3) is 50.4 Å². The minimum atomic E-state index is 0.0519. The van der Waals surface area contributed by atoms with E-state index in [2.05, 4.69) is 118 Å². The first kappa shape index (κ1) is 25.1. The Morgan fingerprint density at radius 3 is 1.74 bits per heavy atom. The normalized spacial score (nSPS) is 12.5. The summed E-state index contributed by atoms with van der Waals surface area (Å²) < 4.78 is 8.65. The van der Waals surface area contributed by atoms with Crippen LogP contribution in [0.3, 0.4) is 0 Å². The summed E-state index contributed by atoms with van der Waals surface area (Å²) in [6, 6.07) is 30.1. The van der Waals surface area contributed by atoms with E-state index in [0.717, 1.165) is 22.4 Å². The van der Waals surface area contributed by atoms with Crippen molar-refractivity contribution in [2.45, 2.75) is 59.3 Å². The maximum absolute atomic E-state index is 6.29. The van der Waals surface area contributed by atoms with E-state index in [9.17, 15) is 0 Å². The van der Waals surface area contributed by atoms with Crippen molar-refractivity contribution in [1.82, 2.24) is 14.8 Å². The van der Waals surface area contributed by atoms with Crippen LogP contribution >= 0.6 is 0 Å². The van der Waals surface area contributed by atoms with Crippen molar-refractivity contribution in [3.05, 3.63) is 102 Å². The SMILES string of the molecule is Cc1cccc(-n2c3ccc(C(C)(C)C)cc3c3cc(C(C)(C)C)ccc32)c1-c1nnc(-c2ccccc2)o1. The second-order valence-electron chi connectivity index (χ2n) is 12.5. The third kappa shape index (κ3) is 4.34. The highest BCUT2D eigenvalue weighted by Gasteiger charge is 2.24. The van der Waals surface area contributed by atoms with E-state index in [4.69, 9.17) is 4.42 Å². The van der Waals surface area contributed by atoms with E-state index in [1.54, 1.807) is 0 Å². The van der Waals surface area contributed by atoms with E-state index >= 15 is 0 Å². The first-order valence-electron chi connectivity index (χ1n) is 13.6. The highest BCUT2D eigenvalue weighted by Crippen LogP contribution is 2.40. The lowest BCUT2D eigenvalue weighted by Gasteiger charge is -2.19. The van der Waals surface area contributed by atoms with Gasteiger partial charge in [-0.1, -0.05) is 84.0 Å². The molecule has 0 radical (unpaired) electrons. The molecule has 0 N–H and O–H groups in total. The molecular weight excluding hydrogens is 478 g/mol. The number of benzene rings is 4. The van der Waals surface area contributed by atoms with Gasteiger partial charge < -0.3 is 8.98 Å². The lowest BCUT2D eigenvalue weighted by molar-refractivity contribution is 0.584. The molecule has 4 aromatic carbocycles. The van der Waals surface area contributed by atoms with Gasteiger partial charge >= 0.3 is 0 Å². The van der Waals surface area contributed by atoms with Crippen molar-refractivity contribution in [3.63, 3.8) is 0 Å². The zero-order valence-electron chi connectivity index (χ0n) is 23.8. The summed E-state index contributed by atoms with van der Waals surface area (Å²) in [5.41, 5.74) is 9.06. The van der Waals surface area contributed by atoms with Crippen molar-refractivity contribution in [1.29, 1.82) is 0 Å². The molecule has 6 aromatic rings. The molecule has 0 spiro atoms. The Bertz CT molecular complexity index is 1750. The van der Waals surface area contributed by atoms with Crippen molar-refractivity contribution >= 4 is 21.8 Å². The van der Waals surface area contributed by atoms with Crippen LogP contribution < -0.4 is 0 Å². The maximum Gasteiger partial charge on any atom is 0.250 e. The number of hydrogen-bond acceptors (Lipinski definition) is 3. The van der Waals surface area contributed by atoms with Gasteiger partial charge in [0.15, 0.2) is 0 Å². The topological polar surface area (TPSA) is 43.9 Å². The molecule has 2 heterocycles. The third-order valence-electron chi connectivity index (χ3n) is 7.65. The van der Waals surface area contributed by atoms with Crippen LogP contribution in [0, 0.1) is 6.92 Å². The van der Waals surface area contributed by atoms with E-state index in [0.29, 0.717) is 11.8 Å². The second kappa shape index (κ2) is 8.94. The molecular formula is C35H35N3O. The van der Waals surface area contributed by atoms with Gasteiger partial charge in [0.1, 0.15) is 0 Å². The van der Waals surface area contributed by atoms with E-state index in [1.165, 1.54) is 32.9 Å². The summed E-state index contributed by atoms with van der Waals surface area (Å²) in [6.07, 6.45) is 0. The molecule has 0 atom stereocenters. The predicted molar refractivity (Wildman–Crippen MR) is 162 cm³/mol. The minimum absolute atomic E-state index is 0.0519. The van der Waals surface area contributed by atoms with Crippen LogP contribution in [0.2, 0.25) is 0 Å². The number of hydrogen-bond donors (Lipinski definition) is 0. The first-order valence-corrected chi connectivity index (χ1v) is 13.6. The number of aryl methyl sites for hydroxylation is 1. The van der Waals surface area contributed by atoms with Crippen LogP contribution in [0.1, 0.15) is 58.2 Å². The Morgan fingerprint density at radius 1 is 0.615 bits per heavy atom. The van der Waals surface area contributed by atoms with Gasteiger partial charge in [0.25, 0.3) is 5.89 Å². The number of fused-ring (bicyclic) bond motifs is 3. The van der Waals surface area contributed by atoms with Gasteiger partial charge in [-0.3, -0.25) is 0 Å². The summed E-state index contributed by atoms with van der Waals surface area (Å²) in [5.74, 6) is 1.04. The Hall–Kier alpha value is -4.18. The zero-order valence-corrected chi connectivity index (χ0v) is 23.8. The van der Waals surface area contributed by atoms with Gasteiger partial charge in [0.05, 0.1) is 22.3 Å². The third-order valence-corrected chi connectivity index (χ3v) is 7.65. The van der Waals surface area contributed by atoms with Crippen molar-refractivity contribution in [3.8, 4) is 28.6 Å². The molecule has 2 aromatic heterocycles.